The quantitative estimate of drug-likeness (QED) is 0.259. The van der Waals surface area contributed by atoms with Crippen molar-refractivity contribution in [3.63, 3.8) is 0 Å². The number of fused-ring (bicyclic) bond motifs is 3. The van der Waals surface area contributed by atoms with Crippen LogP contribution in [0.5, 0.6) is 17.2 Å². The van der Waals surface area contributed by atoms with E-state index in [2.05, 4.69) is 70.1 Å². The van der Waals surface area contributed by atoms with Crippen LogP contribution in [-0.2, 0) is 12.8 Å². The van der Waals surface area contributed by atoms with E-state index >= 15 is 0 Å². The van der Waals surface area contributed by atoms with Gasteiger partial charge in [0.2, 0.25) is 0 Å². The average Bonchev–Trinajstić information content (AvgIpc) is 3.26. The molecule has 0 saturated heterocycles. The lowest BCUT2D eigenvalue weighted by molar-refractivity contribution is -0.138. The van der Waals surface area contributed by atoms with E-state index in [0.29, 0.717) is 12.2 Å². The molecule has 0 unspecified atom stereocenters. The first-order valence-corrected chi connectivity index (χ1v) is 13.2. The maximum Gasteiger partial charge on any atom is 0.164 e. The second kappa shape index (κ2) is 9.29. The molecule has 5 heteroatoms. The number of phenolic OH excluding ortho intramolecular Hbond substituents is 1. The lowest BCUT2D eigenvalue weighted by Gasteiger charge is -2.55. The van der Waals surface area contributed by atoms with Crippen LogP contribution < -0.4 is 9.47 Å². The van der Waals surface area contributed by atoms with Gasteiger partial charge >= 0.3 is 0 Å². The van der Waals surface area contributed by atoms with E-state index in [0.717, 1.165) is 52.6 Å². The van der Waals surface area contributed by atoms with Crippen LogP contribution >= 0.6 is 0 Å². The van der Waals surface area contributed by atoms with E-state index in [-0.39, 0.29) is 23.2 Å². The third-order valence-electron chi connectivity index (χ3n) is 8.60. The summed E-state index contributed by atoms with van der Waals surface area (Å²) in [5.74, 6) is 1.76. The fraction of sp³-hybridized carbons (Fsp3) is 0.438. The van der Waals surface area contributed by atoms with Crippen molar-refractivity contribution in [3.05, 3.63) is 64.4 Å². The molecule has 2 aromatic carbocycles. The Morgan fingerprint density at radius 1 is 1.14 bits per heavy atom. The number of phenols is 1. The van der Waals surface area contributed by atoms with E-state index in [1.807, 2.05) is 12.2 Å². The number of ether oxygens (including phenoxy) is 2. The Kier molecular flexibility index (Phi) is 6.39. The molecular weight excluding hydrogens is 462 g/mol. The highest BCUT2D eigenvalue weighted by Crippen LogP contribution is 2.54. The molecule has 1 aromatic heterocycles. The number of H-pyrrole nitrogens is 1. The third kappa shape index (κ3) is 4.54. The normalized spacial score (nSPS) is 24.4. The Morgan fingerprint density at radius 2 is 1.86 bits per heavy atom. The lowest BCUT2D eigenvalue weighted by Crippen LogP contribution is -2.58. The Balaban J connectivity index is 1.46. The summed E-state index contributed by atoms with van der Waals surface area (Å²) in [6.45, 7) is 10.6. The predicted molar refractivity (Wildman–Crippen MR) is 150 cm³/mol. The number of aromatic hydroxyl groups is 1. The molecule has 1 fully saturated rings. The van der Waals surface area contributed by atoms with Crippen LogP contribution in [-0.4, -0.2) is 34.0 Å². The minimum atomic E-state index is -0.392. The molecule has 2 heterocycles. The molecule has 2 aliphatic rings. The molecule has 0 amide bonds. The highest BCUT2D eigenvalue weighted by atomic mass is 16.5. The smallest absolute Gasteiger partial charge is 0.164 e. The molecule has 196 valence electrons. The molecule has 3 N–H and O–H groups in total. The minimum absolute atomic E-state index is 0.162. The van der Waals surface area contributed by atoms with E-state index < -0.39 is 5.60 Å². The number of methoxy groups -OCH3 is 1. The number of aromatic amines is 1. The van der Waals surface area contributed by atoms with Crippen LogP contribution in [0.4, 0.5) is 0 Å². The number of hydrogen-bond donors (Lipinski definition) is 3. The zero-order valence-corrected chi connectivity index (χ0v) is 22.8. The minimum Gasteiger partial charge on any atom is -0.504 e. The summed E-state index contributed by atoms with van der Waals surface area (Å²) in [6.07, 6.45) is 11.1. The number of benzene rings is 2. The Morgan fingerprint density at radius 3 is 2.57 bits per heavy atom. The van der Waals surface area contributed by atoms with Gasteiger partial charge in [-0.1, -0.05) is 37.6 Å². The van der Waals surface area contributed by atoms with E-state index in [9.17, 15) is 10.2 Å². The molecule has 1 aliphatic heterocycles. The van der Waals surface area contributed by atoms with Crippen molar-refractivity contribution in [1.29, 1.82) is 0 Å². The molecule has 37 heavy (non-hydrogen) atoms. The molecule has 0 spiro atoms. The topological polar surface area (TPSA) is 74.7 Å². The van der Waals surface area contributed by atoms with E-state index in [1.54, 1.807) is 13.2 Å². The fourth-order valence-corrected chi connectivity index (χ4v) is 6.35. The van der Waals surface area contributed by atoms with E-state index in [1.165, 1.54) is 11.1 Å². The largest absolute Gasteiger partial charge is 0.504 e. The number of rotatable bonds is 5. The van der Waals surface area contributed by atoms with Crippen LogP contribution in [0.2, 0.25) is 0 Å². The van der Waals surface area contributed by atoms with Crippen molar-refractivity contribution >= 4 is 23.1 Å². The molecule has 1 aliphatic carbocycles. The molecule has 0 bridgehead atoms. The van der Waals surface area contributed by atoms with Gasteiger partial charge in [-0.05, 0) is 98.4 Å². The predicted octanol–water partition coefficient (Wildman–Crippen LogP) is 7.05. The molecule has 3 atom stereocenters. The van der Waals surface area contributed by atoms with Gasteiger partial charge in [-0.15, -0.1) is 0 Å². The molecule has 1 saturated carbocycles. The molecule has 5 nitrogen and oxygen atoms in total. The summed E-state index contributed by atoms with van der Waals surface area (Å²) >= 11 is 0. The Labute approximate surface area is 219 Å². The van der Waals surface area contributed by atoms with Gasteiger partial charge in [0.1, 0.15) is 11.4 Å². The van der Waals surface area contributed by atoms with Gasteiger partial charge in [-0.2, -0.15) is 0 Å². The van der Waals surface area contributed by atoms with Crippen molar-refractivity contribution in [2.24, 2.45) is 11.3 Å². The SMILES string of the molecule is COc1cc(/C=C/c2cc(O)c3c(c2)C[C@@H]2C(C)(C)[C@H](O)CC[C@@]2(C)O3)cc2[nH]cc(CC=C(C)C)c12. The Bertz CT molecular complexity index is 1390. The average molecular weight is 502 g/mol. The van der Waals surface area contributed by atoms with Gasteiger partial charge in [0.05, 0.1) is 18.7 Å². The zero-order valence-electron chi connectivity index (χ0n) is 22.8. The summed E-state index contributed by atoms with van der Waals surface area (Å²) in [7, 11) is 1.71. The van der Waals surface area contributed by atoms with Crippen molar-refractivity contribution < 1.29 is 19.7 Å². The highest BCUT2D eigenvalue weighted by Gasteiger charge is 2.54. The number of aliphatic hydroxyl groups is 1. The first-order chi connectivity index (χ1) is 17.5. The number of hydrogen-bond acceptors (Lipinski definition) is 4. The first kappa shape index (κ1) is 25.5. The standard InChI is InChI=1S/C32H39NO4/c1-19(2)7-10-22-18-33-24-14-21(16-26(36-6)29(22)24)9-8-20-13-23-17-27-31(3,4)28(35)11-12-32(27,5)37-30(23)25(34)15-20/h7-9,13-16,18,27-28,33-35H,10-12,17H2,1-6H3/b9-8+/t27-,28-,32-/m1/s1. The van der Waals surface area contributed by atoms with Crippen LogP contribution in [0.1, 0.15) is 69.7 Å². The van der Waals surface area contributed by atoms with Gasteiger partial charge in [0, 0.05) is 17.5 Å². The van der Waals surface area contributed by atoms with Crippen LogP contribution in [0.25, 0.3) is 23.1 Å². The van der Waals surface area contributed by atoms with Crippen molar-refractivity contribution in [2.45, 2.75) is 72.0 Å². The summed E-state index contributed by atoms with van der Waals surface area (Å²) in [5, 5.41) is 22.7. The van der Waals surface area contributed by atoms with Gasteiger partial charge in [-0.25, -0.2) is 0 Å². The number of allylic oxidation sites excluding steroid dienone is 2. The van der Waals surface area contributed by atoms with Crippen molar-refractivity contribution in [3.8, 4) is 17.2 Å². The number of nitrogens with one attached hydrogen (secondary N) is 1. The summed E-state index contributed by atoms with van der Waals surface area (Å²) in [6, 6.07) is 8.05. The fourth-order valence-electron chi connectivity index (χ4n) is 6.35. The first-order valence-electron chi connectivity index (χ1n) is 13.2. The van der Waals surface area contributed by atoms with Crippen molar-refractivity contribution in [2.75, 3.05) is 7.11 Å². The summed E-state index contributed by atoms with van der Waals surface area (Å²) in [4.78, 5) is 3.40. The van der Waals surface area contributed by atoms with Crippen LogP contribution in [0.15, 0.2) is 42.1 Å². The zero-order chi connectivity index (χ0) is 26.5. The summed E-state index contributed by atoms with van der Waals surface area (Å²) < 4.78 is 12.2. The molecule has 5 rings (SSSR count). The maximum absolute atomic E-state index is 10.9. The maximum atomic E-state index is 10.9. The van der Waals surface area contributed by atoms with Gasteiger partial charge in [0.25, 0.3) is 0 Å². The second-order valence-corrected chi connectivity index (χ2v) is 11.9. The van der Waals surface area contributed by atoms with Crippen LogP contribution in [0.3, 0.4) is 0 Å². The van der Waals surface area contributed by atoms with Crippen LogP contribution in [0, 0.1) is 11.3 Å². The van der Waals surface area contributed by atoms with Crippen molar-refractivity contribution in [1.82, 2.24) is 4.98 Å². The van der Waals surface area contributed by atoms with Gasteiger partial charge < -0.3 is 24.7 Å². The molecular formula is C32H39NO4. The Hall–Kier alpha value is -3.18. The van der Waals surface area contributed by atoms with Gasteiger partial charge in [0.15, 0.2) is 11.5 Å². The van der Waals surface area contributed by atoms with Gasteiger partial charge in [-0.3, -0.25) is 0 Å². The van der Waals surface area contributed by atoms with E-state index in [4.69, 9.17) is 9.47 Å². The molecule has 0 radical (unpaired) electrons. The second-order valence-electron chi connectivity index (χ2n) is 11.9. The third-order valence-corrected chi connectivity index (χ3v) is 8.60. The monoisotopic (exact) mass is 501 g/mol. The molecule has 3 aromatic rings. The lowest BCUT2D eigenvalue weighted by atomic mass is 9.57. The number of aliphatic hydroxyl groups excluding tert-OH is 1. The summed E-state index contributed by atoms with van der Waals surface area (Å²) in [5.41, 5.74) is 5.80. The highest BCUT2D eigenvalue weighted by molar-refractivity contribution is 5.92. The number of aromatic nitrogens is 1.